The van der Waals surface area contributed by atoms with Crippen molar-refractivity contribution in [2.24, 2.45) is 0 Å². The van der Waals surface area contributed by atoms with Crippen LogP contribution in [0.15, 0.2) is 72.9 Å². The third kappa shape index (κ3) is 4.07. The molecule has 35 heavy (non-hydrogen) atoms. The Bertz CT molecular complexity index is 1400. The molecular weight excluding hydrogens is 476 g/mol. The van der Waals surface area contributed by atoms with Gasteiger partial charge in [-0.25, -0.2) is 0 Å². The van der Waals surface area contributed by atoms with Crippen LogP contribution in [0.25, 0.3) is 5.69 Å². The third-order valence-corrected chi connectivity index (χ3v) is 7.19. The van der Waals surface area contributed by atoms with Crippen molar-refractivity contribution in [2.75, 3.05) is 12.0 Å². The molecule has 1 fully saturated rings. The highest BCUT2D eigenvalue weighted by molar-refractivity contribution is 7.80. The zero-order chi connectivity index (χ0) is 24.7. The number of thiocarbonyl (C=S) groups is 1. The minimum atomic E-state index is -0.136. The first-order valence-electron chi connectivity index (χ1n) is 11.5. The molecule has 178 valence electrons. The fraction of sp³-hybridized carbons (Fsp3) is 0.214. The van der Waals surface area contributed by atoms with Gasteiger partial charge in [-0.1, -0.05) is 35.9 Å². The summed E-state index contributed by atoms with van der Waals surface area (Å²) in [7, 11) is 1.68. The van der Waals surface area contributed by atoms with Crippen LogP contribution in [0.3, 0.4) is 0 Å². The van der Waals surface area contributed by atoms with Gasteiger partial charge in [-0.05, 0) is 86.6 Å². The molecule has 1 saturated heterocycles. The van der Waals surface area contributed by atoms with Crippen molar-refractivity contribution in [3.05, 3.63) is 106 Å². The van der Waals surface area contributed by atoms with Crippen molar-refractivity contribution in [2.45, 2.75) is 32.9 Å². The van der Waals surface area contributed by atoms with E-state index in [2.05, 4.69) is 52.7 Å². The monoisotopic (exact) mass is 502 g/mol. The summed E-state index contributed by atoms with van der Waals surface area (Å²) in [5.74, 6) is 0.766. The lowest BCUT2D eigenvalue weighted by Gasteiger charge is -2.29. The molecule has 0 aliphatic carbocycles. The number of pyridine rings is 1. The van der Waals surface area contributed by atoms with Gasteiger partial charge in [0.1, 0.15) is 5.75 Å². The molecule has 2 aromatic carbocycles. The van der Waals surface area contributed by atoms with E-state index in [-0.39, 0.29) is 12.1 Å². The average molecular weight is 503 g/mol. The maximum Gasteiger partial charge on any atom is 0.174 e. The minimum absolute atomic E-state index is 0.131. The average Bonchev–Trinajstić information content (AvgIpc) is 3.36. The van der Waals surface area contributed by atoms with E-state index in [1.165, 1.54) is 0 Å². The van der Waals surface area contributed by atoms with Gasteiger partial charge in [0, 0.05) is 28.3 Å². The number of nitrogens with zero attached hydrogens (tertiary/aromatic N) is 3. The van der Waals surface area contributed by atoms with E-state index in [1.54, 1.807) is 7.11 Å². The first-order chi connectivity index (χ1) is 16.9. The first-order valence-corrected chi connectivity index (χ1v) is 12.3. The largest absolute Gasteiger partial charge is 0.495 e. The van der Waals surface area contributed by atoms with Crippen molar-refractivity contribution < 1.29 is 4.74 Å². The Balaban J connectivity index is 1.72. The Hall–Kier alpha value is -3.35. The standard InChI is InChI=1S/C28H27ClN4OS/c1-17-12-13-20(29)16-24(17)32-18(2)15-21(19(32)3)27-26(22-9-7-8-14-30-22)31-28(35)33(27)23-10-5-6-11-25(23)34-4/h5-16,26-27H,1-4H3,(H,31,35). The Morgan fingerprint density at radius 3 is 2.49 bits per heavy atom. The molecule has 1 aliphatic rings. The minimum Gasteiger partial charge on any atom is -0.495 e. The second-order valence-electron chi connectivity index (χ2n) is 8.76. The van der Waals surface area contributed by atoms with E-state index >= 15 is 0 Å². The fourth-order valence-corrected chi connectivity index (χ4v) is 5.55. The Labute approximate surface area is 216 Å². The molecule has 0 bridgehead atoms. The lowest BCUT2D eigenvalue weighted by Crippen LogP contribution is -2.30. The summed E-state index contributed by atoms with van der Waals surface area (Å²) in [6, 6.07) is 21.9. The van der Waals surface area contributed by atoms with Crippen LogP contribution in [-0.4, -0.2) is 21.8 Å². The maximum atomic E-state index is 6.39. The number of anilines is 1. The number of aryl methyl sites for hydroxylation is 2. The molecule has 1 N–H and O–H groups in total. The topological polar surface area (TPSA) is 42.3 Å². The van der Waals surface area contributed by atoms with Crippen LogP contribution in [0.2, 0.25) is 5.02 Å². The van der Waals surface area contributed by atoms with E-state index in [0.717, 1.165) is 45.3 Å². The predicted octanol–water partition coefficient (Wildman–Crippen LogP) is 6.64. The van der Waals surface area contributed by atoms with Crippen LogP contribution >= 0.6 is 23.8 Å². The summed E-state index contributed by atoms with van der Waals surface area (Å²) in [5, 5.41) is 4.89. The van der Waals surface area contributed by atoms with Gasteiger partial charge < -0.3 is 19.5 Å². The van der Waals surface area contributed by atoms with E-state index < -0.39 is 0 Å². The third-order valence-electron chi connectivity index (χ3n) is 6.64. The number of rotatable bonds is 5. The van der Waals surface area contributed by atoms with Crippen LogP contribution in [-0.2, 0) is 0 Å². The Morgan fingerprint density at radius 2 is 1.74 bits per heavy atom. The Morgan fingerprint density at radius 1 is 0.971 bits per heavy atom. The molecule has 5 rings (SSSR count). The first kappa shape index (κ1) is 23.4. The molecule has 4 aromatic rings. The van der Waals surface area contributed by atoms with Gasteiger partial charge in [0.25, 0.3) is 0 Å². The lowest BCUT2D eigenvalue weighted by atomic mass is 9.96. The number of methoxy groups -OCH3 is 1. The van der Waals surface area contributed by atoms with Gasteiger partial charge >= 0.3 is 0 Å². The second-order valence-corrected chi connectivity index (χ2v) is 9.58. The molecule has 0 spiro atoms. The van der Waals surface area contributed by atoms with E-state index in [9.17, 15) is 0 Å². The molecule has 0 radical (unpaired) electrons. The number of hydrogen-bond donors (Lipinski definition) is 1. The van der Waals surface area contributed by atoms with Crippen LogP contribution < -0.4 is 15.0 Å². The molecule has 2 atom stereocenters. The molecule has 1 aliphatic heterocycles. The normalized spacial score (nSPS) is 17.5. The van der Waals surface area contributed by atoms with E-state index in [4.69, 9.17) is 28.6 Å². The molecule has 3 heterocycles. The van der Waals surface area contributed by atoms with Gasteiger partial charge in [0.2, 0.25) is 0 Å². The van der Waals surface area contributed by atoms with Crippen molar-refractivity contribution >= 4 is 34.6 Å². The summed E-state index contributed by atoms with van der Waals surface area (Å²) in [4.78, 5) is 6.84. The number of para-hydroxylation sites is 2. The summed E-state index contributed by atoms with van der Waals surface area (Å²) in [6.45, 7) is 6.38. The van der Waals surface area contributed by atoms with E-state index in [0.29, 0.717) is 10.1 Å². The Kier molecular flexibility index (Phi) is 6.26. The highest BCUT2D eigenvalue weighted by Gasteiger charge is 2.43. The van der Waals surface area contributed by atoms with Gasteiger partial charge in [-0.15, -0.1) is 0 Å². The molecule has 5 nitrogen and oxygen atoms in total. The summed E-state index contributed by atoms with van der Waals surface area (Å²) >= 11 is 12.3. The van der Waals surface area contributed by atoms with Crippen molar-refractivity contribution in [3.8, 4) is 11.4 Å². The van der Waals surface area contributed by atoms with Crippen molar-refractivity contribution in [3.63, 3.8) is 0 Å². The van der Waals surface area contributed by atoms with Crippen LogP contribution in [0, 0.1) is 20.8 Å². The van der Waals surface area contributed by atoms with Crippen molar-refractivity contribution in [1.29, 1.82) is 0 Å². The predicted molar refractivity (Wildman–Crippen MR) is 146 cm³/mol. The maximum absolute atomic E-state index is 6.39. The van der Waals surface area contributed by atoms with Gasteiger partial charge in [0.05, 0.1) is 30.6 Å². The van der Waals surface area contributed by atoms with Crippen LogP contribution in [0.1, 0.15) is 40.3 Å². The number of aromatic nitrogens is 2. The molecule has 0 amide bonds. The molecule has 2 aromatic heterocycles. The van der Waals surface area contributed by atoms with Crippen molar-refractivity contribution in [1.82, 2.24) is 14.9 Å². The lowest BCUT2D eigenvalue weighted by molar-refractivity contribution is 0.414. The molecular formula is C28H27ClN4OS. The number of hydrogen-bond acceptors (Lipinski definition) is 3. The second kappa shape index (κ2) is 9.36. The smallest absolute Gasteiger partial charge is 0.174 e. The number of nitrogens with one attached hydrogen (secondary N) is 1. The zero-order valence-corrected chi connectivity index (χ0v) is 21.7. The quantitative estimate of drug-likeness (QED) is 0.310. The van der Waals surface area contributed by atoms with Crippen LogP contribution in [0.5, 0.6) is 5.75 Å². The summed E-state index contributed by atoms with van der Waals surface area (Å²) < 4.78 is 8.00. The zero-order valence-electron chi connectivity index (χ0n) is 20.1. The van der Waals surface area contributed by atoms with Crippen LogP contribution in [0.4, 0.5) is 5.69 Å². The van der Waals surface area contributed by atoms with Gasteiger partial charge in [-0.2, -0.15) is 0 Å². The summed E-state index contributed by atoms with van der Waals surface area (Å²) in [5.41, 5.74) is 7.50. The fourth-order valence-electron chi connectivity index (χ4n) is 5.04. The molecule has 2 unspecified atom stereocenters. The summed E-state index contributed by atoms with van der Waals surface area (Å²) in [6.07, 6.45) is 1.82. The molecule has 0 saturated carbocycles. The number of ether oxygens (including phenoxy) is 1. The number of benzene rings is 2. The number of halogens is 1. The molecule has 7 heteroatoms. The highest BCUT2D eigenvalue weighted by Crippen LogP contribution is 2.46. The van der Waals surface area contributed by atoms with E-state index in [1.807, 2.05) is 60.8 Å². The van der Waals surface area contributed by atoms with Gasteiger partial charge in [0.15, 0.2) is 5.11 Å². The highest BCUT2D eigenvalue weighted by atomic mass is 35.5. The van der Waals surface area contributed by atoms with Gasteiger partial charge in [-0.3, -0.25) is 4.98 Å². The SMILES string of the molecule is COc1ccccc1N1C(=S)NC(c2ccccn2)C1c1cc(C)n(-c2cc(Cl)ccc2C)c1C.